The second-order valence-electron chi connectivity index (χ2n) is 8.23. The van der Waals surface area contributed by atoms with Gasteiger partial charge in [0.25, 0.3) is 5.91 Å². The number of hydrogen-bond donors (Lipinski definition) is 0. The molecule has 4 rings (SSSR count). The van der Waals surface area contributed by atoms with E-state index in [4.69, 9.17) is 0 Å². The van der Waals surface area contributed by atoms with E-state index in [1.165, 1.54) is 4.90 Å². The van der Waals surface area contributed by atoms with Crippen molar-refractivity contribution in [1.82, 2.24) is 9.80 Å². The molecule has 2 aromatic rings. The molecule has 0 radical (unpaired) electrons. The molecule has 1 saturated heterocycles. The maximum absolute atomic E-state index is 13.9. The molecule has 2 aliphatic heterocycles. The first kappa shape index (κ1) is 20.5. The summed E-state index contributed by atoms with van der Waals surface area (Å²) in [7, 11) is 2.01. The number of carbonyl (C=O) groups excluding carboxylic acids is 2. The predicted octanol–water partition coefficient (Wildman–Crippen LogP) is 3.45. The number of hydrogen-bond acceptors (Lipinski definition) is 3. The predicted molar refractivity (Wildman–Crippen MR) is 111 cm³/mol. The van der Waals surface area contributed by atoms with Gasteiger partial charge in [-0.3, -0.25) is 9.59 Å². The van der Waals surface area contributed by atoms with Gasteiger partial charge >= 0.3 is 0 Å². The van der Waals surface area contributed by atoms with Crippen LogP contribution < -0.4 is 4.90 Å². The van der Waals surface area contributed by atoms with Gasteiger partial charge in [-0.2, -0.15) is 0 Å². The first-order chi connectivity index (χ1) is 14.2. The van der Waals surface area contributed by atoms with E-state index in [2.05, 4.69) is 4.90 Å². The Morgan fingerprint density at radius 2 is 1.57 bits per heavy atom. The van der Waals surface area contributed by atoms with Crippen molar-refractivity contribution in [1.29, 1.82) is 0 Å². The number of anilines is 1. The monoisotopic (exact) mass is 413 g/mol. The van der Waals surface area contributed by atoms with E-state index in [1.807, 2.05) is 27.0 Å². The fourth-order valence-electron chi connectivity index (χ4n) is 4.24. The average Bonchev–Trinajstić information content (AvgIpc) is 2.93. The summed E-state index contributed by atoms with van der Waals surface area (Å²) in [6.45, 7) is 6.71. The van der Waals surface area contributed by atoms with E-state index in [-0.39, 0.29) is 23.9 Å². The van der Waals surface area contributed by atoms with Crippen molar-refractivity contribution in [2.75, 3.05) is 38.1 Å². The molecule has 5 nitrogen and oxygen atoms in total. The highest BCUT2D eigenvalue weighted by Gasteiger charge is 2.40. The Morgan fingerprint density at radius 3 is 2.20 bits per heavy atom. The van der Waals surface area contributed by atoms with Crippen LogP contribution in [0.4, 0.5) is 14.5 Å². The molecule has 0 saturated carbocycles. The molecule has 0 spiro atoms. The lowest BCUT2D eigenvalue weighted by atomic mass is 9.96. The summed E-state index contributed by atoms with van der Waals surface area (Å²) in [6.07, 6.45) is 0.0725. The van der Waals surface area contributed by atoms with Gasteiger partial charge in [0.15, 0.2) is 0 Å². The van der Waals surface area contributed by atoms with Crippen LogP contribution in [0.5, 0.6) is 0 Å². The van der Waals surface area contributed by atoms with Crippen molar-refractivity contribution in [3.63, 3.8) is 0 Å². The molecule has 2 amide bonds. The van der Waals surface area contributed by atoms with Crippen molar-refractivity contribution in [2.24, 2.45) is 0 Å². The molecular formula is C23H25F2N3O2. The summed E-state index contributed by atoms with van der Waals surface area (Å²) < 4.78 is 27.8. The molecule has 0 aromatic heterocycles. The molecule has 30 heavy (non-hydrogen) atoms. The number of nitrogens with zero attached hydrogens (tertiary/aromatic N) is 3. The van der Waals surface area contributed by atoms with Crippen molar-refractivity contribution >= 4 is 17.5 Å². The largest absolute Gasteiger partial charge is 0.340 e. The molecule has 1 atom stereocenters. The topological polar surface area (TPSA) is 43.9 Å². The second-order valence-corrected chi connectivity index (χ2v) is 8.23. The third kappa shape index (κ3) is 3.69. The van der Waals surface area contributed by atoms with Crippen LogP contribution >= 0.6 is 0 Å². The van der Waals surface area contributed by atoms with E-state index >= 15 is 0 Å². The number of aryl methyl sites for hydroxylation is 2. The molecule has 2 heterocycles. The highest BCUT2D eigenvalue weighted by molar-refractivity contribution is 6.11. The number of benzene rings is 2. The van der Waals surface area contributed by atoms with Gasteiger partial charge in [0.2, 0.25) is 5.91 Å². The number of piperazine rings is 1. The molecule has 0 aliphatic carbocycles. The van der Waals surface area contributed by atoms with Gasteiger partial charge in [0.1, 0.15) is 11.6 Å². The van der Waals surface area contributed by atoms with Crippen LogP contribution in [0.3, 0.4) is 0 Å². The summed E-state index contributed by atoms with van der Waals surface area (Å²) in [4.78, 5) is 31.6. The molecule has 7 heteroatoms. The summed E-state index contributed by atoms with van der Waals surface area (Å²) in [5, 5.41) is 0. The van der Waals surface area contributed by atoms with Crippen LogP contribution in [0.2, 0.25) is 0 Å². The average molecular weight is 413 g/mol. The van der Waals surface area contributed by atoms with Crippen LogP contribution in [-0.2, 0) is 4.79 Å². The van der Waals surface area contributed by atoms with Gasteiger partial charge in [0.05, 0.1) is 18.2 Å². The van der Waals surface area contributed by atoms with Crippen LogP contribution in [0.15, 0.2) is 30.3 Å². The molecule has 1 unspecified atom stereocenters. The highest BCUT2D eigenvalue weighted by atomic mass is 19.1. The molecule has 1 fully saturated rings. The Morgan fingerprint density at radius 1 is 0.967 bits per heavy atom. The Balaban J connectivity index is 1.72. The van der Waals surface area contributed by atoms with Crippen LogP contribution in [0, 0.1) is 25.5 Å². The number of fused-ring (bicyclic) bond motifs is 1. The van der Waals surface area contributed by atoms with Gasteiger partial charge in [0, 0.05) is 37.8 Å². The van der Waals surface area contributed by atoms with Gasteiger partial charge in [-0.05, 0) is 55.8 Å². The summed E-state index contributed by atoms with van der Waals surface area (Å²) in [5.74, 6) is -1.92. The van der Waals surface area contributed by atoms with Crippen molar-refractivity contribution in [3.8, 4) is 0 Å². The minimum absolute atomic E-state index is 0.0612. The van der Waals surface area contributed by atoms with E-state index < -0.39 is 17.7 Å². The summed E-state index contributed by atoms with van der Waals surface area (Å²) in [6, 6.07) is 6.17. The van der Waals surface area contributed by atoms with Crippen molar-refractivity contribution in [3.05, 3.63) is 64.2 Å². The van der Waals surface area contributed by atoms with Gasteiger partial charge in [-0.15, -0.1) is 0 Å². The lowest BCUT2D eigenvalue weighted by molar-refractivity contribution is -0.133. The summed E-state index contributed by atoms with van der Waals surface area (Å²) >= 11 is 0. The minimum atomic E-state index is -0.759. The summed E-state index contributed by atoms with van der Waals surface area (Å²) in [5.41, 5.74) is 3.30. The van der Waals surface area contributed by atoms with Gasteiger partial charge < -0.3 is 14.7 Å². The van der Waals surface area contributed by atoms with E-state index in [0.717, 1.165) is 48.0 Å². The quantitative estimate of drug-likeness (QED) is 0.774. The van der Waals surface area contributed by atoms with Crippen molar-refractivity contribution < 1.29 is 18.4 Å². The number of carbonyl (C=O) groups is 2. The first-order valence-electron chi connectivity index (χ1n) is 10.1. The van der Waals surface area contributed by atoms with E-state index in [9.17, 15) is 18.4 Å². The molecule has 2 aromatic carbocycles. The fourth-order valence-corrected chi connectivity index (χ4v) is 4.24. The molecule has 0 N–H and O–H groups in total. The normalized spacial score (nSPS) is 19.4. The van der Waals surface area contributed by atoms with Gasteiger partial charge in [-0.1, -0.05) is 6.07 Å². The standard InChI is InChI=1S/C23H25F2N3O2/c1-14-8-19-20(9-15(14)2)23(30)28(18-11-16(24)10-17(25)12-18)21(19)13-22(29)27-6-4-26(3)5-7-27/h8-12,21H,4-7,13H2,1-3H3. The SMILES string of the molecule is Cc1cc2c(cc1C)C(CC(=O)N1CCN(C)CC1)N(c1cc(F)cc(F)c1)C2=O. The zero-order valence-electron chi connectivity index (χ0n) is 17.4. The Bertz CT molecular complexity index is 995. The molecule has 2 aliphatic rings. The highest BCUT2D eigenvalue weighted by Crippen LogP contribution is 2.41. The third-order valence-electron chi connectivity index (χ3n) is 6.14. The van der Waals surface area contributed by atoms with Crippen LogP contribution in [-0.4, -0.2) is 54.8 Å². The Kier molecular flexibility index (Phi) is 5.32. The zero-order chi connectivity index (χ0) is 21.6. The lowest BCUT2D eigenvalue weighted by Crippen LogP contribution is -2.47. The van der Waals surface area contributed by atoms with E-state index in [0.29, 0.717) is 18.7 Å². The maximum Gasteiger partial charge on any atom is 0.259 e. The number of amides is 2. The molecule has 0 bridgehead atoms. The number of rotatable bonds is 3. The van der Waals surface area contributed by atoms with Crippen LogP contribution in [0.25, 0.3) is 0 Å². The Labute approximate surface area is 174 Å². The van der Waals surface area contributed by atoms with Crippen molar-refractivity contribution in [2.45, 2.75) is 26.3 Å². The zero-order valence-corrected chi connectivity index (χ0v) is 17.4. The van der Waals surface area contributed by atoms with E-state index in [1.54, 1.807) is 11.0 Å². The smallest absolute Gasteiger partial charge is 0.259 e. The molecule has 158 valence electrons. The second kappa shape index (κ2) is 7.80. The third-order valence-corrected chi connectivity index (χ3v) is 6.14. The minimum Gasteiger partial charge on any atom is -0.340 e. The fraction of sp³-hybridized carbons (Fsp3) is 0.391. The van der Waals surface area contributed by atoms with Crippen LogP contribution in [0.1, 0.15) is 39.5 Å². The number of likely N-dealkylation sites (N-methyl/N-ethyl adjacent to an activating group) is 1. The molecular weight excluding hydrogens is 388 g/mol. The van der Waals surface area contributed by atoms with Gasteiger partial charge in [-0.25, -0.2) is 8.78 Å². The first-order valence-corrected chi connectivity index (χ1v) is 10.1. The maximum atomic E-state index is 13.9. The Hall–Kier alpha value is -2.80. The number of halogens is 2. The lowest BCUT2D eigenvalue weighted by Gasteiger charge is -2.34.